The lowest BCUT2D eigenvalue weighted by Gasteiger charge is -2.19. The Bertz CT molecular complexity index is 321. The molecule has 0 radical (unpaired) electrons. The molecule has 17 heavy (non-hydrogen) atoms. The highest BCUT2D eigenvalue weighted by atomic mass is 35.5. The Balaban J connectivity index is 1.84. The molecule has 96 valence electrons. The summed E-state index contributed by atoms with van der Waals surface area (Å²) < 4.78 is 5.48. The van der Waals surface area contributed by atoms with Crippen molar-refractivity contribution in [3.8, 4) is 0 Å². The Kier molecular flexibility index (Phi) is 5.10. The van der Waals surface area contributed by atoms with Gasteiger partial charge in [0.15, 0.2) is 0 Å². The molecule has 0 amide bonds. The van der Waals surface area contributed by atoms with E-state index in [1.807, 2.05) is 0 Å². The van der Waals surface area contributed by atoms with Gasteiger partial charge in [-0.25, -0.2) is 0 Å². The van der Waals surface area contributed by atoms with Gasteiger partial charge in [0.2, 0.25) is 5.89 Å². The van der Waals surface area contributed by atoms with Crippen LogP contribution in [0.5, 0.6) is 0 Å². The average molecular weight is 258 g/mol. The fourth-order valence-electron chi connectivity index (χ4n) is 2.27. The van der Waals surface area contributed by atoms with Gasteiger partial charge < -0.3 is 9.73 Å². The summed E-state index contributed by atoms with van der Waals surface area (Å²) in [6, 6.07) is 1.04. The number of hydrogen-bond donors (Lipinski definition) is 1. The van der Waals surface area contributed by atoms with Crippen molar-refractivity contribution >= 4 is 17.6 Å². The van der Waals surface area contributed by atoms with Gasteiger partial charge in [-0.1, -0.05) is 37.2 Å². The van der Waals surface area contributed by atoms with E-state index in [0.29, 0.717) is 30.2 Å². The number of hydrogen-bond acceptors (Lipinski definition) is 4. The summed E-state index contributed by atoms with van der Waals surface area (Å²) in [7, 11) is 0. The first-order valence-corrected chi connectivity index (χ1v) is 7.07. The van der Waals surface area contributed by atoms with Gasteiger partial charge in [-0.05, 0) is 12.8 Å². The minimum Gasteiger partial charge on any atom is -0.408 e. The van der Waals surface area contributed by atoms with Crippen LogP contribution >= 0.6 is 11.6 Å². The van der Waals surface area contributed by atoms with Gasteiger partial charge in [0.1, 0.15) is 0 Å². The number of alkyl halides is 1. The van der Waals surface area contributed by atoms with Crippen LogP contribution in [0.3, 0.4) is 0 Å². The molecule has 1 fully saturated rings. The predicted octanol–water partition coefficient (Wildman–Crippen LogP) is 3.38. The third kappa shape index (κ3) is 4.19. The normalized spacial score (nSPS) is 18.6. The molecular weight excluding hydrogens is 238 g/mol. The quantitative estimate of drug-likeness (QED) is 0.841. The maximum absolute atomic E-state index is 5.63. The Morgan fingerprint density at radius 2 is 1.82 bits per heavy atom. The summed E-state index contributed by atoms with van der Waals surface area (Å²) in [4.78, 5) is 0. The van der Waals surface area contributed by atoms with Crippen molar-refractivity contribution in [1.82, 2.24) is 10.2 Å². The second kappa shape index (κ2) is 6.84. The van der Waals surface area contributed by atoms with Crippen LogP contribution in [-0.4, -0.2) is 22.1 Å². The molecule has 2 rings (SSSR count). The second-order valence-electron chi connectivity index (χ2n) is 4.63. The average Bonchev–Trinajstić information content (AvgIpc) is 2.70. The SMILES string of the molecule is ClCCc1nnc(NC2CCCCCCC2)o1. The Labute approximate surface area is 107 Å². The first kappa shape index (κ1) is 12.7. The first-order chi connectivity index (χ1) is 8.38. The van der Waals surface area contributed by atoms with Gasteiger partial charge in [0, 0.05) is 18.3 Å². The van der Waals surface area contributed by atoms with Crippen LogP contribution < -0.4 is 5.32 Å². The summed E-state index contributed by atoms with van der Waals surface area (Å²) in [5, 5.41) is 11.3. The first-order valence-electron chi connectivity index (χ1n) is 6.53. The van der Waals surface area contributed by atoms with E-state index in [2.05, 4.69) is 15.5 Å². The number of nitrogens with one attached hydrogen (secondary N) is 1. The molecule has 0 saturated heterocycles. The lowest BCUT2D eigenvalue weighted by atomic mass is 9.97. The monoisotopic (exact) mass is 257 g/mol. The number of aryl methyl sites for hydroxylation is 1. The zero-order valence-corrected chi connectivity index (χ0v) is 10.9. The molecule has 0 unspecified atom stereocenters. The highest BCUT2D eigenvalue weighted by molar-refractivity contribution is 6.17. The van der Waals surface area contributed by atoms with E-state index in [4.69, 9.17) is 16.0 Å². The molecule has 0 aromatic carbocycles. The number of rotatable bonds is 4. The largest absolute Gasteiger partial charge is 0.408 e. The van der Waals surface area contributed by atoms with Gasteiger partial charge >= 0.3 is 6.01 Å². The molecule has 1 saturated carbocycles. The van der Waals surface area contributed by atoms with Crippen molar-refractivity contribution in [2.24, 2.45) is 0 Å². The van der Waals surface area contributed by atoms with Crippen LogP contribution in [0.15, 0.2) is 4.42 Å². The van der Waals surface area contributed by atoms with E-state index in [0.717, 1.165) is 0 Å². The molecule has 4 nitrogen and oxygen atoms in total. The van der Waals surface area contributed by atoms with Crippen molar-refractivity contribution < 1.29 is 4.42 Å². The Morgan fingerprint density at radius 1 is 1.12 bits per heavy atom. The molecule has 5 heteroatoms. The van der Waals surface area contributed by atoms with Gasteiger partial charge in [0.05, 0.1) is 0 Å². The standard InChI is InChI=1S/C12H20ClN3O/c13-9-8-11-15-16-12(17-11)14-10-6-4-2-1-3-5-7-10/h10H,1-9H2,(H,14,16). The van der Waals surface area contributed by atoms with E-state index < -0.39 is 0 Å². The molecule has 0 bridgehead atoms. The Hall–Kier alpha value is -0.770. The maximum atomic E-state index is 5.63. The van der Waals surface area contributed by atoms with E-state index in [1.54, 1.807) is 0 Å². The van der Waals surface area contributed by atoms with Crippen molar-refractivity contribution in [1.29, 1.82) is 0 Å². The third-order valence-electron chi connectivity index (χ3n) is 3.21. The van der Waals surface area contributed by atoms with E-state index in [-0.39, 0.29) is 0 Å². The zero-order valence-electron chi connectivity index (χ0n) is 10.1. The van der Waals surface area contributed by atoms with Gasteiger partial charge in [-0.2, -0.15) is 0 Å². The van der Waals surface area contributed by atoms with Crippen LogP contribution in [0.2, 0.25) is 0 Å². The summed E-state index contributed by atoms with van der Waals surface area (Å²) in [6.07, 6.45) is 9.70. The molecule has 1 heterocycles. The lowest BCUT2D eigenvalue weighted by molar-refractivity contribution is 0.451. The van der Waals surface area contributed by atoms with Gasteiger partial charge in [0.25, 0.3) is 0 Å². The molecule has 1 aliphatic carbocycles. The lowest BCUT2D eigenvalue weighted by Crippen LogP contribution is -2.20. The molecule has 0 spiro atoms. The number of nitrogens with zero attached hydrogens (tertiary/aromatic N) is 2. The molecule has 1 aliphatic rings. The highest BCUT2D eigenvalue weighted by Gasteiger charge is 2.14. The molecule has 1 aromatic heterocycles. The van der Waals surface area contributed by atoms with Gasteiger partial charge in [-0.3, -0.25) is 0 Å². The van der Waals surface area contributed by atoms with Crippen LogP contribution in [0.25, 0.3) is 0 Å². The summed E-state index contributed by atoms with van der Waals surface area (Å²) in [5.74, 6) is 1.14. The maximum Gasteiger partial charge on any atom is 0.315 e. The second-order valence-corrected chi connectivity index (χ2v) is 5.00. The summed E-state index contributed by atoms with van der Waals surface area (Å²) >= 11 is 5.63. The van der Waals surface area contributed by atoms with Crippen molar-refractivity contribution in [3.05, 3.63) is 5.89 Å². The minimum absolute atomic E-state index is 0.486. The van der Waals surface area contributed by atoms with Crippen LogP contribution in [0.4, 0.5) is 6.01 Å². The van der Waals surface area contributed by atoms with E-state index in [9.17, 15) is 0 Å². The van der Waals surface area contributed by atoms with Crippen LogP contribution in [-0.2, 0) is 6.42 Å². The molecular formula is C12H20ClN3O. The van der Waals surface area contributed by atoms with Crippen molar-refractivity contribution in [2.75, 3.05) is 11.2 Å². The van der Waals surface area contributed by atoms with Crippen molar-refractivity contribution in [3.63, 3.8) is 0 Å². The topological polar surface area (TPSA) is 51.0 Å². The highest BCUT2D eigenvalue weighted by Crippen LogP contribution is 2.20. The van der Waals surface area contributed by atoms with E-state index in [1.165, 1.54) is 44.9 Å². The van der Waals surface area contributed by atoms with E-state index >= 15 is 0 Å². The van der Waals surface area contributed by atoms with Crippen LogP contribution in [0, 0.1) is 0 Å². The summed E-state index contributed by atoms with van der Waals surface area (Å²) in [6.45, 7) is 0. The van der Waals surface area contributed by atoms with Crippen LogP contribution in [0.1, 0.15) is 50.8 Å². The zero-order chi connectivity index (χ0) is 11.9. The predicted molar refractivity (Wildman–Crippen MR) is 68.5 cm³/mol. The van der Waals surface area contributed by atoms with Crippen molar-refractivity contribution in [2.45, 2.75) is 57.4 Å². The smallest absolute Gasteiger partial charge is 0.315 e. The summed E-state index contributed by atoms with van der Waals surface area (Å²) in [5.41, 5.74) is 0. The molecule has 0 atom stereocenters. The molecule has 0 aliphatic heterocycles. The Morgan fingerprint density at radius 3 is 2.53 bits per heavy atom. The molecule has 1 aromatic rings. The minimum atomic E-state index is 0.486. The fourth-order valence-corrected chi connectivity index (χ4v) is 2.43. The number of anilines is 1. The molecule has 1 N–H and O–H groups in total. The third-order valence-corrected chi connectivity index (χ3v) is 3.40. The number of halogens is 1. The fraction of sp³-hybridized carbons (Fsp3) is 0.833. The number of aromatic nitrogens is 2. The van der Waals surface area contributed by atoms with Gasteiger partial charge in [-0.15, -0.1) is 16.7 Å².